The molecule has 0 atom stereocenters. The largest absolute Gasteiger partial charge is 0.496 e. The highest BCUT2D eigenvalue weighted by molar-refractivity contribution is 7.14. The number of thiophene rings is 1. The Balaban J connectivity index is 2.29. The van der Waals surface area contributed by atoms with Gasteiger partial charge in [0.15, 0.2) is 0 Å². The molecule has 0 fully saturated rings. The molecule has 4 N–H and O–H groups in total. The number of carbonyl (C=O) groups is 1. The molecule has 0 aliphatic carbocycles. The van der Waals surface area contributed by atoms with Crippen LogP contribution in [0.3, 0.4) is 0 Å². The monoisotopic (exact) mass is 262 g/mol. The van der Waals surface area contributed by atoms with Crippen molar-refractivity contribution in [1.29, 1.82) is 0 Å². The number of rotatable bonds is 4. The van der Waals surface area contributed by atoms with Crippen LogP contribution >= 0.6 is 11.3 Å². The van der Waals surface area contributed by atoms with Crippen molar-refractivity contribution in [1.82, 2.24) is 0 Å². The summed E-state index contributed by atoms with van der Waals surface area (Å²) in [6.45, 7) is 0. The van der Waals surface area contributed by atoms with Crippen LogP contribution in [-0.4, -0.2) is 13.0 Å². The van der Waals surface area contributed by atoms with Gasteiger partial charge < -0.3 is 16.2 Å². The number of hydrogen-bond acceptors (Lipinski definition) is 4. The molecule has 0 unspecified atom stereocenters. The van der Waals surface area contributed by atoms with E-state index < -0.39 is 5.91 Å². The highest BCUT2D eigenvalue weighted by Gasteiger charge is 2.12. The van der Waals surface area contributed by atoms with Gasteiger partial charge in [-0.1, -0.05) is 18.2 Å². The predicted molar refractivity (Wildman–Crippen MR) is 73.0 cm³/mol. The maximum Gasteiger partial charge on any atom is 0.260 e. The highest BCUT2D eigenvalue weighted by Crippen LogP contribution is 2.29. The van der Waals surface area contributed by atoms with E-state index in [1.807, 2.05) is 24.3 Å². The number of nitrogen functional groups attached to an aromatic ring is 1. The van der Waals surface area contributed by atoms with Crippen molar-refractivity contribution >= 4 is 22.9 Å². The highest BCUT2D eigenvalue weighted by atomic mass is 32.1. The van der Waals surface area contributed by atoms with Gasteiger partial charge in [0.25, 0.3) is 5.91 Å². The summed E-state index contributed by atoms with van der Waals surface area (Å²) in [6, 6.07) is 9.54. The van der Waals surface area contributed by atoms with Gasteiger partial charge in [-0.25, -0.2) is 0 Å². The molecule has 0 aliphatic heterocycles. The number of benzene rings is 1. The number of para-hydroxylation sites is 1. The van der Waals surface area contributed by atoms with Crippen molar-refractivity contribution in [2.75, 3.05) is 12.8 Å². The maximum atomic E-state index is 11.1. The van der Waals surface area contributed by atoms with Crippen molar-refractivity contribution < 1.29 is 9.53 Å². The molecular formula is C13H14N2O2S. The molecule has 1 heterocycles. The first-order valence-electron chi connectivity index (χ1n) is 5.41. The SMILES string of the molecule is COc1ccccc1Cc1cc(N)c(C(N)=O)s1. The smallest absolute Gasteiger partial charge is 0.260 e. The average molecular weight is 262 g/mol. The molecule has 1 aromatic heterocycles. The Morgan fingerprint density at radius 3 is 2.72 bits per heavy atom. The number of nitrogens with two attached hydrogens (primary N) is 2. The summed E-state index contributed by atoms with van der Waals surface area (Å²) >= 11 is 1.33. The van der Waals surface area contributed by atoms with Crippen LogP contribution in [0.2, 0.25) is 0 Å². The number of ether oxygens (including phenoxy) is 1. The molecule has 5 heteroatoms. The molecule has 0 spiro atoms. The summed E-state index contributed by atoms with van der Waals surface area (Å²) in [5.74, 6) is 0.342. The van der Waals surface area contributed by atoms with Crippen LogP contribution in [0, 0.1) is 0 Å². The molecular weight excluding hydrogens is 248 g/mol. The fourth-order valence-corrected chi connectivity index (χ4v) is 2.73. The summed E-state index contributed by atoms with van der Waals surface area (Å²) < 4.78 is 5.28. The minimum atomic E-state index is -0.483. The third kappa shape index (κ3) is 2.46. The standard InChI is InChI=1S/C13H14N2O2S/c1-17-11-5-3-2-4-8(11)6-9-7-10(14)12(18-9)13(15)16/h2-5,7H,6,14H2,1H3,(H2,15,16). The fraction of sp³-hybridized carbons (Fsp3) is 0.154. The van der Waals surface area contributed by atoms with Crippen LogP contribution in [0.4, 0.5) is 5.69 Å². The zero-order valence-electron chi connectivity index (χ0n) is 9.97. The zero-order chi connectivity index (χ0) is 13.1. The summed E-state index contributed by atoms with van der Waals surface area (Å²) in [4.78, 5) is 12.5. The second kappa shape index (κ2) is 5.10. The Morgan fingerprint density at radius 2 is 2.11 bits per heavy atom. The van der Waals surface area contributed by atoms with Crippen molar-refractivity contribution in [3.63, 3.8) is 0 Å². The number of amides is 1. The lowest BCUT2D eigenvalue weighted by Crippen LogP contribution is -2.10. The van der Waals surface area contributed by atoms with Gasteiger partial charge >= 0.3 is 0 Å². The lowest BCUT2D eigenvalue weighted by Gasteiger charge is -2.06. The first-order chi connectivity index (χ1) is 8.61. The van der Waals surface area contributed by atoms with E-state index in [0.717, 1.165) is 16.2 Å². The zero-order valence-corrected chi connectivity index (χ0v) is 10.8. The van der Waals surface area contributed by atoms with Gasteiger partial charge in [0.2, 0.25) is 0 Å². The first-order valence-corrected chi connectivity index (χ1v) is 6.23. The van der Waals surface area contributed by atoms with Gasteiger partial charge in [0, 0.05) is 11.3 Å². The van der Waals surface area contributed by atoms with Gasteiger partial charge in [-0.2, -0.15) is 0 Å². The van der Waals surface area contributed by atoms with E-state index in [9.17, 15) is 4.79 Å². The number of methoxy groups -OCH3 is 1. The molecule has 2 rings (SSSR count). The summed E-state index contributed by atoms with van der Waals surface area (Å²) in [5, 5.41) is 0. The molecule has 0 radical (unpaired) electrons. The van der Waals surface area contributed by atoms with E-state index >= 15 is 0 Å². The van der Waals surface area contributed by atoms with Crippen LogP contribution < -0.4 is 16.2 Å². The van der Waals surface area contributed by atoms with Crippen molar-refractivity contribution in [3.8, 4) is 5.75 Å². The van der Waals surface area contributed by atoms with E-state index in [0.29, 0.717) is 17.0 Å². The average Bonchev–Trinajstić information content (AvgIpc) is 2.71. The molecule has 94 valence electrons. The molecule has 18 heavy (non-hydrogen) atoms. The maximum absolute atomic E-state index is 11.1. The molecule has 2 aromatic rings. The Morgan fingerprint density at radius 1 is 1.39 bits per heavy atom. The van der Waals surface area contributed by atoms with E-state index in [-0.39, 0.29) is 0 Å². The van der Waals surface area contributed by atoms with Gasteiger partial charge in [-0.3, -0.25) is 4.79 Å². The molecule has 0 bridgehead atoms. The molecule has 0 aliphatic rings. The fourth-order valence-electron chi connectivity index (χ4n) is 1.77. The van der Waals surface area contributed by atoms with Crippen molar-refractivity contribution in [2.45, 2.75) is 6.42 Å². The second-order valence-corrected chi connectivity index (χ2v) is 4.99. The quantitative estimate of drug-likeness (QED) is 0.885. The Hall–Kier alpha value is -2.01. The third-order valence-corrected chi connectivity index (χ3v) is 3.76. The number of anilines is 1. The number of carbonyl (C=O) groups excluding carboxylic acids is 1. The Bertz CT molecular complexity index is 578. The Kier molecular flexibility index (Phi) is 3.53. The molecule has 0 saturated carbocycles. The van der Waals surface area contributed by atoms with Crippen LogP contribution in [-0.2, 0) is 6.42 Å². The lowest BCUT2D eigenvalue weighted by atomic mass is 10.1. The van der Waals surface area contributed by atoms with Gasteiger partial charge in [0.05, 0.1) is 12.8 Å². The number of hydrogen-bond donors (Lipinski definition) is 2. The van der Waals surface area contributed by atoms with E-state index in [2.05, 4.69) is 0 Å². The predicted octanol–water partition coefficient (Wildman–Crippen LogP) is 2.03. The van der Waals surface area contributed by atoms with Crippen LogP contribution in [0.25, 0.3) is 0 Å². The number of primary amides is 1. The minimum Gasteiger partial charge on any atom is -0.496 e. The Labute approximate surface area is 109 Å². The van der Waals surface area contributed by atoms with Gasteiger partial charge in [0.1, 0.15) is 10.6 Å². The third-order valence-electron chi connectivity index (χ3n) is 2.59. The lowest BCUT2D eigenvalue weighted by molar-refractivity contribution is 0.100. The van der Waals surface area contributed by atoms with Crippen LogP contribution in [0.15, 0.2) is 30.3 Å². The molecule has 4 nitrogen and oxygen atoms in total. The van der Waals surface area contributed by atoms with Crippen molar-refractivity contribution in [2.24, 2.45) is 5.73 Å². The summed E-state index contributed by atoms with van der Waals surface area (Å²) in [6.07, 6.45) is 0.673. The minimum absolute atomic E-state index is 0.417. The van der Waals surface area contributed by atoms with Crippen LogP contribution in [0.5, 0.6) is 5.75 Å². The van der Waals surface area contributed by atoms with E-state index in [1.54, 1.807) is 13.2 Å². The molecule has 1 amide bonds. The molecule has 1 aromatic carbocycles. The van der Waals surface area contributed by atoms with E-state index in [4.69, 9.17) is 16.2 Å². The van der Waals surface area contributed by atoms with Gasteiger partial charge in [-0.05, 0) is 17.7 Å². The van der Waals surface area contributed by atoms with Crippen LogP contribution in [0.1, 0.15) is 20.1 Å². The normalized spacial score (nSPS) is 10.3. The van der Waals surface area contributed by atoms with Gasteiger partial charge in [-0.15, -0.1) is 11.3 Å². The second-order valence-electron chi connectivity index (χ2n) is 3.85. The van der Waals surface area contributed by atoms with Crippen molar-refractivity contribution in [3.05, 3.63) is 45.6 Å². The first kappa shape index (κ1) is 12.4. The molecule has 0 saturated heterocycles. The summed E-state index contributed by atoms with van der Waals surface area (Å²) in [7, 11) is 1.64. The van der Waals surface area contributed by atoms with E-state index in [1.165, 1.54) is 11.3 Å². The topological polar surface area (TPSA) is 78.3 Å². The summed E-state index contributed by atoms with van der Waals surface area (Å²) in [5.41, 5.74) is 12.5.